The summed E-state index contributed by atoms with van der Waals surface area (Å²) in [6.07, 6.45) is 4.69. The molecule has 2 aromatic rings. The molecule has 0 saturated carbocycles. The van der Waals surface area contributed by atoms with Gasteiger partial charge < -0.3 is 5.32 Å². The number of pyridine rings is 1. The van der Waals surface area contributed by atoms with Gasteiger partial charge in [0.25, 0.3) is 0 Å². The molecule has 1 aromatic heterocycles. The molecule has 0 aliphatic rings. The fraction of sp³-hybridized carbons (Fsp3) is 0.267. The van der Waals surface area contributed by atoms with Crippen molar-refractivity contribution in [2.24, 2.45) is 0 Å². The van der Waals surface area contributed by atoms with Crippen molar-refractivity contribution < 1.29 is 0 Å². The molecule has 1 aromatic carbocycles. The maximum atomic E-state index is 5.89. The lowest BCUT2D eigenvalue weighted by Crippen LogP contribution is -2.30. The van der Waals surface area contributed by atoms with E-state index in [1.807, 2.05) is 37.1 Å². The molecule has 1 heterocycles. The number of halogens is 2. The predicted octanol–water partition coefficient (Wildman–Crippen LogP) is 4.42. The molecule has 2 rings (SSSR count). The number of thioether (sulfide) groups is 1. The summed E-state index contributed by atoms with van der Waals surface area (Å²) < 4.78 is 1.02. The lowest BCUT2D eigenvalue weighted by molar-refractivity contribution is 0.616. The van der Waals surface area contributed by atoms with Gasteiger partial charge in [-0.25, -0.2) is 0 Å². The van der Waals surface area contributed by atoms with Gasteiger partial charge in [0.2, 0.25) is 0 Å². The third kappa shape index (κ3) is 5.09. The molecule has 0 saturated heterocycles. The Kier molecular flexibility index (Phi) is 6.36. The molecule has 0 spiro atoms. The second kappa shape index (κ2) is 8.03. The smallest absolute Gasteiger partial charge is 0.0410 e. The average Bonchev–Trinajstić information content (AvgIpc) is 2.45. The fourth-order valence-electron chi connectivity index (χ4n) is 1.82. The van der Waals surface area contributed by atoms with Crippen molar-refractivity contribution in [3.05, 3.63) is 57.8 Å². The molecule has 1 N–H and O–H groups in total. The Bertz CT molecular complexity index is 548. The minimum absolute atomic E-state index is 0.409. The third-order valence-electron chi connectivity index (χ3n) is 2.92. The van der Waals surface area contributed by atoms with Gasteiger partial charge in [0.15, 0.2) is 0 Å². The first kappa shape index (κ1) is 15.8. The van der Waals surface area contributed by atoms with Crippen LogP contribution in [0.25, 0.3) is 0 Å². The lowest BCUT2D eigenvalue weighted by Gasteiger charge is -2.16. The van der Waals surface area contributed by atoms with Gasteiger partial charge >= 0.3 is 0 Å². The second-order valence-corrected chi connectivity index (χ2v) is 6.91. The van der Waals surface area contributed by atoms with Crippen LogP contribution in [0.5, 0.6) is 0 Å². The minimum Gasteiger partial charge on any atom is -0.316 e. The molecule has 0 amide bonds. The SMILES string of the molecule is CNC(CSc1ccc(Cl)cc1)Cc1cncc(Br)c1. The van der Waals surface area contributed by atoms with Gasteiger partial charge in [-0.15, -0.1) is 11.8 Å². The van der Waals surface area contributed by atoms with E-state index < -0.39 is 0 Å². The normalized spacial score (nSPS) is 12.3. The Morgan fingerprint density at radius 1 is 1.30 bits per heavy atom. The summed E-state index contributed by atoms with van der Waals surface area (Å²) in [4.78, 5) is 5.44. The molecule has 0 bridgehead atoms. The molecule has 0 fully saturated rings. The van der Waals surface area contributed by atoms with E-state index in [4.69, 9.17) is 11.6 Å². The lowest BCUT2D eigenvalue weighted by atomic mass is 10.1. The van der Waals surface area contributed by atoms with Gasteiger partial charge in [0.05, 0.1) is 0 Å². The summed E-state index contributed by atoms with van der Waals surface area (Å²) >= 11 is 11.2. The summed E-state index contributed by atoms with van der Waals surface area (Å²) in [5.74, 6) is 1.00. The molecular formula is C15H16BrClN2S. The van der Waals surface area contributed by atoms with Crippen molar-refractivity contribution in [2.75, 3.05) is 12.8 Å². The van der Waals surface area contributed by atoms with Gasteiger partial charge in [-0.1, -0.05) is 11.6 Å². The van der Waals surface area contributed by atoms with Crippen molar-refractivity contribution in [1.29, 1.82) is 0 Å². The highest BCUT2D eigenvalue weighted by molar-refractivity contribution is 9.10. The van der Waals surface area contributed by atoms with Gasteiger partial charge in [0.1, 0.15) is 0 Å². The Morgan fingerprint density at radius 2 is 2.05 bits per heavy atom. The molecule has 5 heteroatoms. The Hall–Kier alpha value is -0.550. The first-order valence-electron chi connectivity index (χ1n) is 6.32. The van der Waals surface area contributed by atoms with E-state index in [1.54, 1.807) is 6.20 Å². The van der Waals surface area contributed by atoms with Crippen LogP contribution in [-0.2, 0) is 6.42 Å². The second-order valence-electron chi connectivity index (χ2n) is 4.47. The zero-order chi connectivity index (χ0) is 14.4. The van der Waals surface area contributed by atoms with Crippen molar-refractivity contribution in [2.45, 2.75) is 17.4 Å². The van der Waals surface area contributed by atoms with Crippen molar-refractivity contribution >= 4 is 39.3 Å². The third-order valence-corrected chi connectivity index (χ3v) is 4.78. The predicted molar refractivity (Wildman–Crippen MR) is 90.7 cm³/mol. The molecule has 2 nitrogen and oxygen atoms in total. The number of nitrogens with one attached hydrogen (secondary N) is 1. The van der Waals surface area contributed by atoms with Crippen LogP contribution in [0.3, 0.4) is 0 Å². The number of benzene rings is 1. The van der Waals surface area contributed by atoms with E-state index in [0.717, 1.165) is 21.7 Å². The van der Waals surface area contributed by atoms with E-state index in [0.29, 0.717) is 6.04 Å². The number of hydrogen-bond donors (Lipinski definition) is 1. The molecule has 1 atom stereocenters. The molecule has 1 unspecified atom stereocenters. The van der Waals surface area contributed by atoms with E-state index in [-0.39, 0.29) is 0 Å². The number of aromatic nitrogens is 1. The monoisotopic (exact) mass is 370 g/mol. The highest BCUT2D eigenvalue weighted by atomic mass is 79.9. The van der Waals surface area contributed by atoms with Gasteiger partial charge in [-0.05, 0) is 65.3 Å². The molecular weight excluding hydrogens is 356 g/mol. The summed E-state index contributed by atoms with van der Waals surface area (Å²) in [7, 11) is 2.00. The van der Waals surface area contributed by atoms with E-state index in [2.05, 4.69) is 44.4 Å². The number of rotatable bonds is 6. The van der Waals surface area contributed by atoms with E-state index >= 15 is 0 Å². The topological polar surface area (TPSA) is 24.9 Å². The number of likely N-dealkylation sites (N-methyl/N-ethyl adjacent to an activating group) is 1. The van der Waals surface area contributed by atoms with Crippen LogP contribution >= 0.6 is 39.3 Å². The highest BCUT2D eigenvalue weighted by Gasteiger charge is 2.09. The maximum absolute atomic E-state index is 5.89. The van der Waals surface area contributed by atoms with Crippen LogP contribution in [-0.4, -0.2) is 23.8 Å². The fourth-order valence-corrected chi connectivity index (χ4v) is 3.37. The van der Waals surface area contributed by atoms with E-state index in [1.165, 1.54) is 10.5 Å². The Labute approximate surface area is 137 Å². The number of hydrogen-bond acceptors (Lipinski definition) is 3. The zero-order valence-corrected chi connectivity index (χ0v) is 14.3. The zero-order valence-electron chi connectivity index (χ0n) is 11.1. The first-order valence-corrected chi connectivity index (χ1v) is 8.48. The first-order chi connectivity index (χ1) is 9.67. The summed E-state index contributed by atoms with van der Waals surface area (Å²) in [6.45, 7) is 0. The van der Waals surface area contributed by atoms with Gasteiger partial charge in [0, 0.05) is 38.6 Å². The molecule has 0 aliphatic heterocycles. The largest absolute Gasteiger partial charge is 0.316 e. The van der Waals surface area contributed by atoms with Crippen LogP contribution in [0.15, 0.2) is 52.1 Å². The number of nitrogens with zero attached hydrogens (tertiary/aromatic N) is 1. The van der Waals surface area contributed by atoms with Crippen LogP contribution in [0, 0.1) is 0 Å². The Balaban J connectivity index is 1.90. The Morgan fingerprint density at radius 3 is 2.70 bits per heavy atom. The van der Waals surface area contributed by atoms with Crippen molar-refractivity contribution in [3.63, 3.8) is 0 Å². The highest BCUT2D eigenvalue weighted by Crippen LogP contribution is 2.22. The summed E-state index contributed by atoms with van der Waals surface area (Å²) in [5.41, 5.74) is 1.23. The van der Waals surface area contributed by atoms with Crippen molar-refractivity contribution in [1.82, 2.24) is 10.3 Å². The molecule has 0 aliphatic carbocycles. The van der Waals surface area contributed by atoms with Crippen LogP contribution in [0.1, 0.15) is 5.56 Å². The standard InChI is InChI=1S/C15H16BrClN2S/c1-18-14(7-11-6-12(16)9-19-8-11)10-20-15-4-2-13(17)3-5-15/h2-6,8-9,14,18H,7,10H2,1H3. The minimum atomic E-state index is 0.409. The van der Waals surface area contributed by atoms with Gasteiger partial charge in [-0.3, -0.25) is 4.98 Å². The summed E-state index contributed by atoms with van der Waals surface area (Å²) in [5, 5.41) is 4.14. The van der Waals surface area contributed by atoms with Crippen LogP contribution < -0.4 is 5.32 Å². The molecule has 0 radical (unpaired) electrons. The average molecular weight is 372 g/mol. The summed E-state index contributed by atoms with van der Waals surface area (Å²) in [6, 6.07) is 10.5. The molecule has 20 heavy (non-hydrogen) atoms. The van der Waals surface area contributed by atoms with Crippen molar-refractivity contribution in [3.8, 4) is 0 Å². The quantitative estimate of drug-likeness (QED) is 0.761. The van der Waals surface area contributed by atoms with Gasteiger partial charge in [-0.2, -0.15) is 0 Å². The maximum Gasteiger partial charge on any atom is 0.0410 e. The molecule has 106 valence electrons. The van der Waals surface area contributed by atoms with Crippen LogP contribution in [0.4, 0.5) is 0 Å². The van der Waals surface area contributed by atoms with E-state index in [9.17, 15) is 0 Å². The van der Waals surface area contributed by atoms with Crippen LogP contribution in [0.2, 0.25) is 5.02 Å².